The molecule has 6 nitrogen and oxygen atoms in total. The quantitative estimate of drug-likeness (QED) is 0.248. The maximum absolute atomic E-state index is 12.4. The summed E-state index contributed by atoms with van der Waals surface area (Å²) in [6.45, 7) is 0.345. The number of ether oxygens (including phenoxy) is 1. The molecule has 0 saturated carbocycles. The van der Waals surface area contributed by atoms with E-state index in [0.717, 1.165) is 0 Å². The van der Waals surface area contributed by atoms with Gasteiger partial charge in [0, 0.05) is 6.08 Å². The Hall–Kier alpha value is -1.77. The minimum Gasteiger partial charge on any atom is -0.463 e. The SMILES string of the molecule is CCOC(=O)/C=C(/CN(N)C(N)=O)C(F)(F)F. The molecular formula is C8H12F3N3O3. The van der Waals surface area contributed by atoms with Crippen LogP contribution in [0.3, 0.4) is 0 Å². The average molecular weight is 255 g/mol. The fraction of sp³-hybridized carbons (Fsp3) is 0.500. The van der Waals surface area contributed by atoms with Crippen molar-refractivity contribution in [1.29, 1.82) is 0 Å². The minimum atomic E-state index is -4.81. The average Bonchev–Trinajstić information content (AvgIpc) is 2.15. The summed E-state index contributed by atoms with van der Waals surface area (Å²) in [5.41, 5.74) is 3.35. The molecule has 0 aromatic heterocycles. The van der Waals surface area contributed by atoms with Crippen LogP contribution in [0.5, 0.6) is 0 Å². The predicted molar refractivity (Wildman–Crippen MR) is 51.2 cm³/mol. The molecule has 17 heavy (non-hydrogen) atoms. The van der Waals surface area contributed by atoms with E-state index < -0.39 is 30.3 Å². The van der Waals surface area contributed by atoms with E-state index in [1.807, 2.05) is 0 Å². The predicted octanol–water partition coefficient (Wildman–Crippen LogP) is 0.293. The standard InChI is InChI=1S/C8H12F3N3O3/c1-2-17-6(15)3-5(8(9,10)11)4-14(13)7(12)16/h3H,2,4,13H2,1H3,(H2,12,16)/b5-3-. The van der Waals surface area contributed by atoms with Crippen LogP contribution in [-0.4, -0.2) is 36.3 Å². The van der Waals surface area contributed by atoms with E-state index >= 15 is 0 Å². The van der Waals surface area contributed by atoms with Crippen molar-refractivity contribution in [2.24, 2.45) is 11.6 Å². The molecule has 0 aliphatic carbocycles. The molecule has 0 aliphatic heterocycles. The number of esters is 1. The molecule has 0 unspecified atom stereocenters. The van der Waals surface area contributed by atoms with E-state index in [0.29, 0.717) is 0 Å². The van der Waals surface area contributed by atoms with E-state index in [2.05, 4.69) is 10.5 Å². The Morgan fingerprint density at radius 1 is 1.41 bits per heavy atom. The van der Waals surface area contributed by atoms with Crippen molar-refractivity contribution in [3.63, 3.8) is 0 Å². The van der Waals surface area contributed by atoms with Gasteiger partial charge in [-0.2, -0.15) is 13.2 Å². The summed E-state index contributed by atoms with van der Waals surface area (Å²) in [5.74, 6) is 3.76. The van der Waals surface area contributed by atoms with Crippen molar-refractivity contribution in [2.75, 3.05) is 13.2 Å². The monoisotopic (exact) mass is 255 g/mol. The molecule has 9 heteroatoms. The third-order valence-corrected chi connectivity index (χ3v) is 1.57. The second kappa shape index (κ2) is 6.09. The van der Waals surface area contributed by atoms with Gasteiger partial charge in [0.15, 0.2) is 0 Å². The van der Waals surface area contributed by atoms with E-state index in [1.54, 1.807) is 0 Å². The van der Waals surface area contributed by atoms with Crippen LogP contribution in [0.25, 0.3) is 0 Å². The van der Waals surface area contributed by atoms with Gasteiger partial charge in [0.05, 0.1) is 18.7 Å². The Balaban J connectivity index is 4.90. The molecule has 0 aromatic carbocycles. The van der Waals surface area contributed by atoms with Gasteiger partial charge in [-0.25, -0.2) is 15.4 Å². The molecule has 0 rings (SSSR count). The van der Waals surface area contributed by atoms with Gasteiger partial charge < -0.3 is 10.5 Å². The fourth-order valence-corrected chi connectivity index (χ4v) is 0.805. The third kappa shape index (κ3) is 5.76. The molecule has 0 heterocycles. The van der Waals surface area contributed by atoms with Gasteiger partial charge >= 0.3 is 18.2 Å². The van der Waals surface area contributed by atoms with Crippen molar-refractivity contribution >= 4 is 12.0 Å². The highest BCUT2D eigenvalue weighted by Crippen LogP contribution is 2.25. The highest BCUT2D eigenvalue weighted by atomic mass is 19.4. The lowest BCUT2D eigenvalue weighted by atomic mass is 10.2. The molecular weight excluding hydrogens is 243 g/mol. The fourth-order valence-electron chi connectivity index (χ4n) is 0.805. The number of hydrazine groups is 1. The Labute approximate surface area is 94.9 Å². The van der Waals surface area contributed by atoms with Gasteiger partial charge in [0.1, 0.15) is 0 Å². The molecule has 0 radical (unpaired) electrons. The first-order valence-electron chi connectivity index (χ1n) is 4.44. The van der Waals surface area contributed by atoms with Gasteiger partial charge in [-0.1, -0.05) is 0 Å². The minimum absolute atomic E-state index is 0.0668. The van der Waals surface area contributed by atoms with Crippen molar-refractivity contribution < 1.29 is 27.5 Å². The Kier molecular flexibility index (Phi) is 5.45. The lowest BCUT2D eigenvalue weighted by Gasteiger charge is -2.17. The number of urea groups is 1. The molecule has 0 fully saturated rings. The largest absolute Gasteiger partial charge is 0.463 e. The normalized spacial score (nSPS) is 12.2. The zero-order valence-corrected chi connectivity index (χ0v) is 8.95. The number of rotatable bonds is 4. The second-order valence-electron chi connectivity index (χ2n) is 2.89. The van der Waals surface area contributed by atoms with Crippen molar-refractivity contribution in [3.8, 4) is 0 Å². The number of nitrogens with two attached hydrogens (primary N) is 2. The van der Waals surface area contributed by atoms with Gasteiger partial charge in [-0.05, 0) is 6.92 Å². The number of hydrogen-bond acceptors (Lipinski definition) is 4. The van der Waals surface area contributed by atoms with Crippen LogP contribution in [0.2, 0.25) is 0 Å². The topological polar surface area (TPSA) is 98.7 Å². The summed E-state index contributed by atoms with van der Waals surface area (Å²) >= 11 is 0. The Bertz CT molecular complexity index is 328. The molecule has 98 valence electrons. The number of alkyl halides is 3. The molecule has 0 aromatic rings. The lowest BCUT2D eigenvalue weighted by Crippen LogP contribution is -2.44. The molecule has 0 saturated heterocycles. The summed E-state index contributed by atoms with van der Waals surface area (Å²) < 4.78 is 41.6. The summed E-state index contributed by atoms with van der Waals surface area (Å²) in [4.78, 5) is 21.4. The van der Waals surface area contributed by atoms with Crippen LogP contribution < -0.4 is 11.6 Å². The Morgan fingerprint density at radius 3 is 2.29 bits per heavy atom. The number of hydrogen-bond donors (Lipinski definition) is 2. The van der Waals surface area contributed by atoms with Crippen molar-refractivity contribution in [1.82, 2.24) is 5.01 Å². The summed E-state index contributed by atoms with van der Waals surface area (Å²) in [6.07, 6.45) is -4.58. The molecule has 0 aliphatic rings. The van der Waals surface area contributed by atoms with Crippen LogP contribution in [0, 0.1) is 0 Å². The zero-order valence-electron chi connectivity index (χ0n) is 8.95. The van der Waals surface area contributed by atoms with Gasteiger partial charge in [0.25, 0.3) is 0 Å². The van der Waals surface area contributed by atoms with E-state index in [9.17, 15) is 22.8 Å². The number of carbonyl (C=O) groups excluding carboxylic acids is 2. The lowest BCUT2D eigenvalue weighted by molar-refractivity contribution is -0.138. The number of halogens is 3. The zero-order chi connectivity index (χ0) is 13.6. The van der Waals surface area contributed by atoms with Crippen LogP contribution in [0.1, 0.15) is 6.92 Å². The van der Waals surface area contributed by atoms with Crippen LogP contribution >= 0.6 is 0 Å². The van der Waals surface area contributed by atoms with Crippen LogP contribution in [0.15, 0.2) is 11.6 Å². The molecule has 2 amide bonds. The summed E-state index contributed by atoms with van der Waals surface area (Å²) in [6, 6.07) is -1.25. The van der Waals surface area contributed by atoms with Crippen LogP contribution in [-0.2, 0) is 9.53 Å². The maximum Gasteiger partial charge on any atom is 0.414 e. The van der Waals surface area contributed by atoms with Gasteiger partial charge in [0.2, 0.25) is 0 Å². The van der Waals surface area contributed by atoms with E-state index in [-0.39, 0.29) is 17.7 Å². The number of nitrogens with zero attached hydrogens (tertiary/aromatic N) is 1. The number of primary amides is 1. The van der Waals surface area contributed by atoms with Gasteiger partial charge in [-0.15, -0.1) is 0 Å². The molecule has 0 spiro atoms. The highest BCUT2D eigenvalue weighted by Gasteiger charge is 2.35. The van der Waals surface area contributed by atoms with E-state index in [1.165, 1.54) is 6.92 Å². The van der Waals surface area contributed by atoms with Crippen molar-refractivity contribution in [2.45, 2.75) is 13.1 Å². The van der Waals surface area contributed by atoms with E-state index in [4.69, 9.17) is 5.84 Å². The van der Waals surface area contributed by atoms with Crippen molar-refractivity contribution in [3.05, 3.63) is 11.6 Å². The second-order valence-corrected chi connectivity index (χ2v) is 2.89. The molecule has 0 bridgehead atoms. The third-order valence-electron chi connectivity index (χ3n) is 1.57. The highest BCUT2D eigenvalue weighted by molar-refractivity contribution is 5.83. The Morgan fingerprint density at radius 2 is 1.94 bits per heavy atom. The number of carbonyl (C=O) groups is 2. The number of amides is 2. The first-order chi connectivity index (χ1) is 7.68. The van der Waals surface area contributed by atoms with Gasteiger partial charge in [-0.3, -0.25) is 5.01 Å². The smallest absolute Gasteiger partial charge is 0.414 e. The molecule has 4 N–H and O–H groups in total. The maximum atomic E-state index is 12.4. The summed E-state index contributed by atoms with van der Waals surface area (Å²) in [5, 5.41) is 0.137. The summed E-state index contributed by atoms with van der Waals surface area (Å²) in [7, 11) is 0. The molecule has 0 atom stereocenters. The first-order valence-corrected chi connectivity index (χ1v) is 4.44. The first kappa shape index (κ1) is 15.2. The van der Waals surface area contributed by atoms with Crippen LogP contribution in [0.4, 0.5) is 18.0 Å².